The van der Waals surface area contributed by atoms with Crippen LogP contribution >= 0.6 is 11.3 Å². The third-order valence-corrected chi connectivity index (χ3v) is 4.62. The Morgan fingerprint density at radius 1 is 1.24 bits per heavy atom. The van der Waals surface area contributed by atoms with E-state index in [1.165, 1.54) is 0 Å². The van der Waals surface area contributed by atoms with Crippen LogP contribution in [0.15, 0.2) is 35.2 Å². The lowest BCUT2D eigenvalue weighted by atomic mass is 10.1. The van der Waals surface area contributed by atoms with Gasteiger partial charge in [-0.2, -0.15) is 11.3 Å². The third kappa shape index (κ3) is 3.14. The zero-order valence-corrected chi connectivity index (χ0v) is 13.0. The maximum absolute atomic E-state index is 12.5. The van der Waals surface area contributed by atoms with Crippen LogP contribution in [0.3, 0.4) is 0 Å². The predicted molar refractivity (Wildman–Crippen MR) is 85.6 cm³/mol. The summed E-state index contributed by atoms with van der Waals surface area (Å²) >= 11 is 1.65. The Labute approximate surface area is 129 Å². The summed E-state index contributed by atoms with van der Waals surface area (Å²) in [4.78, 5) is 21.2. The van der Waals surface area contributed by atoms with Gasteiger partial charge in [-0.3, -0.25) is 9.78 Å². The number of nitrogens with zero attached hydrogens (tertiary/aromatic N) is 3. The van der Waals surface area contributed by atoms with E-state index in [9.17, 15) is 4.79 Å². The van der Waals surface area contributed by atoms with Gasteiger partial charge in [-0.05, 0) is 30.1 Å². The van der Waals surface area contributed by atoms with Crippen LogP contribution in [-0.2, 0) is 0 Å². The molecule has 0 bridgehead atoms. The van der Waals surface area contributed by atoms with E-state index in [2.05, 4.69) is 22.2 Å². The van der Waals surface area contributed by atoms with Gasteiger partial charge in [0.25, 0.3) is 5.91 Å². The summed E-state index contributed by atoms with van der Waals surface area (Å²) in [6.07, 6.45) is 1.70. The summed E-state index contributed by atoms with van der Waals surface area (Å²) in [6.45, 7) is 6.74. The number of carbonyl (C=O) groups is 1. The number of rotatable bonds is 3. The fourth-order valence-corrected chi connectivity index (χ4v) is 3.20. The van der Waals surface area contributed by atoms with Crippen LogP contribution in [0.1, 0.15) is 17.3 Å². The van der Waals surface area contributed by atoms with Crippen molar-refractivity contribution >= 4 is 17.2 Å². The van der Waals surface area contributed by atoms with Gasteiger partial charge in [0.2, 0.25) is 0 Å². The van der Waals surface area contributed by atoms with Crippen molar-refractivity contribution < 1.29 is 4.79 Å². The topological polar surface area (TPSA) is 36.4 Å². The highest BCUT2D eigenvalue weighted by Crippen LogP contribution is 2.20. The molecule has 1 aliphatic rings. The van der Waals surface area contributed by atoms with E-state index in [1.54, 1.807) is 17.5 Å². The fraction of sp³-hybridized carbons (Fsp3) is 0.375. The lowest BCUT2D eigenvalue weighted by Gasteiger charge is -2.34. The number of carbonyl (C=O) groups excluding carboxylic acids is 1. The molecule has 0 radical (unpaired) electrons. The first kappa shape index (κ1) is 14.2. The van der Waals surface area contributed by atoms with Crippen molar-refractivity contribution in [3.05, 3.63) is 40.7 Å². The molecule has 0 unspecified atom stereocenters. The molecule has 1 aliphatic heterocycles. The Balaban J connectivity index is 1.68. The molecule has 4 nitrogen and oxygen atoms in total. The largest absolute Gasteiger partial charge is 0.336 e. The van der Waals surface area contributed by atoms with Crippen molar-refractivity contribution in [3.63, 3.8) is 0 Å². The van der Waals surface area contributed by atoms with Crippen LogP contribution in [0.5, 0.6) is 0 Å². The highest BCUT2D eigenvalue weighted by molar-refractivity contribution is 7.08. The number of thiophene rings is 1. The van der Waals surface area contributed by atoms with Gasteiger partial charge in [0, 0.05) is 43.3 Å². The first-order chi connectivity index (χ1) is 10.3. The first-order valence-electron chi connectivity index (χ1n) is 7.28. The molecule has 110 valence electrons. The highest BCUT2D eigenvalue weighted by atomic mass is 32.1. The number of hydrogen-bond acceptors (Lipinski definition) is 4. The second-order valence-corrected chi connectivity index (χ2v) is 5.95. The molecule has 2 aromatic rings. The smallest absolute Gasteiger partial charge is 0.255 e. The van der Waals surface area contributed by atoms with E-state index < -0.39 is 0 Å². The van der Waals surface area contributed by atoms with Gasteiger partial charge in [0.15, 0.2) is 0 Å². The van der Waals surface area contributed by atoms with Gasteiger partial charge in [-0.25, -0.2) is 0 Å². The molecular weight excluding hydrogens is 282 g/mol. The average Bonchev–Trinajstić information content (AvgIpc) is 3.09. The Bertz CT molecular complexity index is 586. The molecule has 0 atom stereocenters. The summed E-state index contributed by atoms with van der Waals surface area (Å²) in [5.74, 6) is 0.0927. The van der Waals surface area contributed by atoms with Crippen LogP contribution < -0.4 is 0 Å². The third-order valence-electron chi connectivity index (χ3n) is 3.93. The molecule has 21 heavy (non-hydrogen) atoms. The SMILES string of the molecule is CCN1CCN(C(=O)c2ccc(-c3ccsc3)nc2)CC1. The summed E-state index contributed by atoms with van der Waals surface area (Å²) in [7, 11) is 0. The van der Waals surface area contributed by atoms with Gasteiger partial charge in [0.05, 0.1) is 11.3 Å². The molecule has 1 saturated heterocycles. The Morgan fingerprint density at radius 3 is 2.62 bits per heavy atom. The monoisotopic (exact) mass is 301 g/mol. The molecule has 1 fully saturated rings. The zero-order valence-electron chi connectivity index (χ0n) is 12.2. The molecule has 0 aromatic carbocycles. The second-order valence-electron chi connectivity index (χ2n) is 5.17. The van der Waals surface area contributed by atoms with Gasteiger partial charge in [-0.15, -0.1) is 0 Å². The maximum Gasteiger partial charge on any atom is 0.255 e. The van der Waals surface area contributed by atoms with Crippen molar-refractivity contribution in [1.29, 1.82) is 0 Å². The summed E-state index contributed by atoms with van der Waals surface area (Å²) in [5, 5.41) is 4.09. The zero-order chi connectivity index (χ0) is 14.7. The quantitative estimate of drug-likeness (QED) is 0.874. The molecule has 0 N–H and O–H groups in total. The average molecular weight is 301 g/mol. The number of piperazine rings is 1. The molecule has 5 heteroatoms. The molecule has 0 saturated carbocycles. The summed E-state index contributed by atoms with van der Waals surface area (Å²) < 4.78 is 0. The Morgan fingerprint density at radius 2 is 2.05 bits per heavy atom. The number of aromatic nitrogens is 1. The van der Waals surface area contributed by atoms with Gasteiger partial charge >= 0.3 is 0 Å². The second kappa shape index (κ2) is 6.37. The fourth-order valence-electron chi connectivity index (χ4n) is 2.55. The van der Waals surface area contributed by atoms with Crippen LogP contribution in [0.2, 0.25) is 0 Å². The van der Waals surface area contributed by atoms with Gasteiger partial charge in [-0.1, -0.05) is 6.92 Å². The molecule has 0 spiro atoms. The van der Waals surface area contributed by atoms with E-state index >= 15 is 0 Å². The molecule has 2 aromatic heterocycles. The highest BCUT2D eigenvalue weighted by Gasteiger charge is 2.21. The van der Waals surface area contributed by atoms with Crippen molar-refractivity contribution in [1.82, 2.24) is 14.8 Å². The van der Waals surface area contributed by atoms with E-state index in [-0.39, 0.29) is 5.91 Å². The van der Waals surface area contributed by atoms with Crippen LogP contribution in [0.4, 0.5) is 0 Å². The van der Waals surface area contributed by atoms with E-state index in [0.717, 1.165) is 44.0 Å². The number of likely N-dealkylation sites (N-methyl/N-ethyl adjacent to an activating group) is 1. The minimum Gasteiger partial charge on any atom is -0.336 e. The minimum absolute atomic E-state index is 0.0927. The lowest BCUT2D eigenvalue weighted by molar-refractivity contribution is 0.0643. The number of hydrogen-bond donors (Lipinski definition) is 0. The van der Waals surface area contributed by atoms with Crippen LogP contribution in [0.25, 0.3) is 11.3 Å². The van der Waals surface area contributed by atoms with E-state index in [4.69, 9.17) is 0 Å². The van der Waals surface area contributed by atoms with Crippen LogP contribution in [0, 0.1) is 0 Å². The Kier molecular flexibility index (Phi) is 4.31. The Hall–Kier alpha value is -1.72. The van der Waals surface area contributed by atoms with Gasteiger partial charge < -0.3 is 9.80 Å². The normalized spacial score (nSPS) is 16.1. The standard InChI is InChI=1S/C16H19N3OS/c1-2-18-6-8-19(9-7-18)16(20)13-3-4-15(17-11-13)14-5-10-21-12-14/h3-5,10-12H,2,6-9H2,1H3. The molecular formula is C16H19N3OS. The van der Waals surface area contributed by atoms with Crippen molar-refractivity contribution in [3.8, 4) is 11.3 Å². The summed E-state index contributed by atoms with van der Waals surface area (Å²) in [5.41, 5.74) is 2.71. The van der Waals surface area contributed by atoms with E-state index in [1.807, 2.05) is 28.5 Å². The molecule has 3 heterocycles. The minimum atomic E-state index is 0.0927. The lowest BCUT2D eigenvalue weighted by Crippen LogP contribution is -2.48. The van der Waals surface area contributed by atoms with Crippen LogP contribution in [-0.4, -0.2) is 53.4 Å². The number of pyridine rings is 1. The van der Waals surface area contributed by atoms with Gasteiger partial charge in [0.1, 0.15) is 0 Å². The van der Waals surface area contributed by atoms with Crippen molar-refractivity contribution in [2.45, 2.75) is 6.92 Å². The van der Waals surface area contributed by atoms with E-state index in [0.29, 0.717) is 5.56 Å². The molecule has 3 rings (SSSR count). The number of amides is 1. The summed E-state index contributed by atoms with van der Waals surface area (Å²) in [6, 6.07) is 5.85. The van der Waals surface area contributed by atoms with Crippen molar-refractivity contribution in [2.75, 3.05) is 32.7 Å². The molecule has 0 aliphatic carbocycles. The predicted octanol–water partition coefficient (Wildman–Crippen LogP) is 2.59. The maximum atomic E-state index is 12.5. The van der Waals surface area contributed by atoms with Crippen molar-refractivity contribution in [2.24, 2.45) is 0 Å². The molecule has 1 amide bonds. The first-order valence-corrected chi connectivity index (χ1v) is 8.22.